The molecule has 1 aromatic rings. The molecule has 0 saturated carbocycles. The third-order valence-corrected chi connectivity index (χ3v) is 4.13. The van der Waals surface area contributed by atoms with Crippen molar-refractivity contribution in [2.24, 2.45) is 11.1 Å². The second kappa shape index (κ2) is 6.09. The maximum atomic E-state index is 13.4. The van der Waals surface area contributed by atoms with Crippen LogP contribution in [0.1, 0.15) is 6.92 Å². The second-order valence-corrected chi connectivity index (χ2v) is 5.80. The Morgan fingerprint density at radius 3 is 2.12 bits per heavy atom. The third-order valence-electron chi connectivity index (χ3n) is 3.84. The summed E-state index contributed by atoms with van der Waals surface area (Å²) in [5.74, 6) is -1.93. The molecule has 1 aliphatic rings. The average Bonchev–Trinajstić information content (AvgIpc) is 2.48. The van der Waals surface area contributed by atoms with Gasteiger partial charge in [-0.1, -0.05) is 11.6 Å². The van der Waals surface area contributed by atoms with Crippen LogP contribution in [0.5, 0.6) is 0 Å². The summed E-state index contributed by atoms with van der Waals surface area (Å²) in [5, 5.41) is 8.62. The molecule has 0 atom stereocenters. The summed E-state index contributed by atoms with van der Waals surface area (Å²) in [6.07, 6.45) is -11.9. The highest BCUT2D eigenvalue weighted by Gasteiger charge is 2.73. The number of nitrogens with two attached hydrogens (primary N) is 1. The molecule has 0 aromatic heterocycles. The van der Waals surface area contributed by atoms with Crippen molar-refractivity contribution >= 4 is 17.3 Å². The summed E-state index contributed by atoms with van der Waals surface area (Å²) in [6, 6.07) is 3.80. The number of alkyl halides is 6. The minimum Gasteiger partial charge on any atom is -0.384 e. The van der Waals surface area contributed by atoms with E-state index >= 15 is 0 Å². The number of hydrogen-bond donors (Lipinski definition) is 1. The fourth-order valence-corrected chi connectivity index (χ4v) is 2.85. The van der Waals surface area contributed by atoms with E-state index in [1.807, 2.05) is 0 Å². The first-order chi connectivity index (χ1) is 11.8. The molecule has 26 heavy (non-hydrogen) atoms. The van der Waals surface area contributed by atoms with Crippen molar-refractivity contribution in [3.05, 3.63) is 52.2 Å². The number of rotatable bonds is 1. The summed E-state index contributed by atoms with van der Waals surface area (Å²) in [7, 11) is 0. The van der Waals surface area contributed by atoms with Crippen LogP contribution in [0.4, 0.5) is 36.4 Å². The Balaban J connectivity index is 2.81. The van der Waals surface area contributed by atoms with Gasteiger partial charge in [-0.2, -0.15) is 31.6 Å². The topological polar surface area (TPSA) is 53.1 Å². The number of benzene rings is 1. The van der Waals surface area contributed by atoms with E-state index in [4.69, 9.17) is 22.6 Å². The predicted molar refractivity (Wildman–Crippen MR) is 79.0 cm³/mol. The minimum atomic E-state index is -5.87. The zero-order valence-electron chi connectivity index (χ0n) is 12.8. The van der Waals surface area contributed by atoms with Crippen LogP contribution < -0.4 is 10.6 Å². The maximum Gasteiger partial charge on any atom is 0.411 e. The van der Waals surface area contributed by atoms with E-state index in [9.17, 15) is 30.7 Å². The number of nitriles is 1. The lowest BCUT2D eigenvalue weighted by Crippen LogP contribution is -2.54. The highest BCUT2D eigenvalue weighted by molar-refractivity contribution is 6.31. The summed E-state index contributed by atoms with van der Waals surface area (Å²) >= 11 is 5.60. The van der Waals surface area contributed by atoms with Gasteiger partial charge in [0.05, 0.1) is 10.6 Å². The highest BCUT2D eigenvalue weighted by Crippen LogP contribution is 2.58. The zero-order valence-corrected chi connectivity index (χ0v) is 13.6. The molecule has 0 fully saturated rings. The van der Waals surface area contributed by atoms with Gasteiger partial charge in [0.25, 0.3) is 0 Å². The van der Waals surface area contributed by atoms with Crippen LogP contribution in [0.3, 0.4) is 0 Å². The quantitative estimate of drug-likeness (QED) is 0.676. The van der Waals surface area contributed by atoms with Crippen molar-refractivity contribution < 1.29 is 30.7 Å². The number of allylic oxidation sites excluding steroid dienone is 3. The number of hydrogen-bond acceptors (Lipinski definition) is 3. The zero-order chi connectivity index (χ0) is 20.1. The molecule has 0 unspecified atom stereocenters. The van der Waals surface area contributed by atoms with Crippen molar-refractivity contribution in [1.29, 1.82) is 5.26 Å². The van der Waals surface area contributed by atoms with Crippen LogP contribution in [0, 0.1) is 22.6 Å². The van der Waals surface area contributed by atoms with Crippen LogP contribution in [-0.2, 0) is 0 Å². The van der Waals surface area contributed by atoms with E-state index in [-0.39, 0.29) is 11.8 Å². The molecule has 1 aliphatic heterocycles. The normalized spacial score (nSPS) is 17.8. The Bertz CT molecular complexity index is 832. The van der Waals surface area contributed by atoms with E-state index in [2.05, 4.69) is 0 Å². The van der Waals surface area contributed by atoms with Crippen LogP contribution in [-0.4, -0.2) is 12.4 Å². The molecule has 2 rings (SSSR count). The average molecular weight is 400 g/mol. The van der Waals surface area contributed by atoms with Crippen LogP contribution in [0.2, 0.25) is 5.02 Å². The molecular weight excluding hydrogens is 391 g/mol. The number of halogens is 8. The standard InChI is InChI=1S/C15H9ClF7N3/c1-7-5-13(14(18,19)20,15(21,22)23)9(6-24)12(25)26(7)8-2-3-11(17)10(16)4-8/h2-5H,25H2,1H3. The van der Waals surface area contributed by atoms with Crippen molar-refractivity contribution in [3.63, 3.8) is 0 Å². The first kappa shape index (κ1) is 19.9. The van der Waals surface area contributed by atoms with Crippen molar-refractivity contribution in [2.45, 2.75) is 19.3 Å². The van der Waals surface area contributed by atoms with E-state index in [1.165, 1.54) is 0 Å². The van der Waals surface area contributed by atoms with E-state index < -0.39 is 45.7 Å². The summed E-state index contributed by atoms with van der Waals surface area (Å²) < 4.78 is 93.8. The molecule has 140 valence electrons. The molecule has 1 aromatic carbocycles. The van der Waals surface area contributed by atoms with Gasteiger partial charge in [0.1, 0.15) is 17.7 Å². The Kier molecular flexibility index (Phi) is 4.66. The van der Waals surface area contributed by atoms with Gasteiger partial charge in [0.2, 0.25) is 5.41 Å². The maximum absolute atomic E-state index is 13.4. The lowest BCUT2D eigenvalue weighted by molar-refractivity contribution is -0.306. The molecule has 0 amide bonds. The monoisotopic (exact) mass is 399 g/mol. The molecule has 0 aliphatic carbocycles. The van der Waals surface area contributed by atoms with E-state index in [0.717, 1.165) is 36.1 Å². The first-order valence-corrected chi connectivity index (χ1v) is 7.14. The van der Waals surface area contributed by atoms with Gasteiger partial charge in [-0.05, 0) is 31.2 Å². The van der Waals surface area contributed by atoms with Crippen LogP contribution in [0.25, 0.3) is 0 Å². The van der Waals surface area contributed by atoms with Gasteiger partial charge in [-0.15, -0.1) is 0 Å². The van der Waals surface area contributed by atoms with Gasteiger partial charge in [0, 0.05) is 11.4 Å². The van der Waals surface area contributed by atoms with Gasteiger partial charge in [-0.25, -0.2) is 4.39 Å². The lowest BCUT2D eigenvalue weighted by Gasteiger charge is -2.41. The van der Waals surface area contributed by atoms with Crippen LogP contribution in [0.15, 0.2) is 41.4 Å². The summed E-state index contributed by atoms with van der Waals surface area (Å²) in [4.78, 5) is 0.763. The van der Waals surface area contributed by atoms with Gasteiger partial charge in [-0.3, -0.25) is 0 Å². The first-order valence-electron chi connectivity index (χ1n) is 6.76. The fraction of sp³-hybridized carbons (Fsp3) is 0.267. The lowest BCUT2D eigenvalue weighted by atomic mass is 9.75. The number of anilines is 1. The Morgan fingerprint density at radius 1 is 1.15 bits per heavy atom. The number of nitrogens with zero attached hydrogens (tertiary/aromatic N) is 2. The van der Waals surface area contributed by atoms with E-state index in [1.54, 1.807) is 0 Å². The molecule has 1 heterocycles. The Labute approximate surface area is 147 Å². The highest BCUT2D eigenvalue weighted by atomic mass is 35.5. The second-order valence-electron chi connectivity index (χ2n) is 5.40. The molecule has 3 nitrogen and oxygen atoms in total. The molecular formula is C15H9ClF7N3. The smallest absolute Gasteiger partial charge is 0.384 e. The van der Waals surface area contributed by atoms with Crippen molar-refractivity contribution in [1.82, 2.24) is 0 Å². The van der Waals surface area contributed by atoms with E-state index in [0.29, 0.717) is 0 Å². The molecule has 11 heteroatoms. The Morgan fingerprint density at radius 2 is 1.69 bits per heavy atom. The molecule has 0 saturated heterocycles. The van der Waals surface area contributed by atoms with Crippen LogP contribution >= 0.6 is 11.6 Å². The third kappa shape index (κ3) is 2.76. The fourth-order valence-electron chi connectivity index (χ4n) is 2.67. The largest absolute Gasteiger partial charge is 0.411 e. The predicted octanol–water partition coefficient (Wildman–Crippen LogP) is 5.01. The SMILES string of the molecule is CC1=CC(C(F)(F)F)(C(F)(F)F)C(C#N)=C(N)N1c1ccc(F)c(Cl)c1. The van der Waals surface area contributed by atoms with Gasteiger partial charge in [0.15, 0.2) is 0 Å². The molecule has 2 N–H and O–H groups in total. The Hall–Kier alpha value is -2.41. The summed E-state index contributed by atoms with van der Waals surface area (Å²) in [5.41, 5.74) is -1.43. The molecule has 0 bridgehead atoms. The minimum absolute atomic E-state index is 0.103. The van der Waals surface area contributed by atoms with Gasteiger partial charge >= 0.3 is 12.4 Å². The summed E-state index contributed by atoms with van der Waals surface area (Å²) in [6.45, 7) is 0.949. The molecule has 0 radical (unpaired) electrons. The van der Waals surface area contributed by atoms with Crippen molar-refractivity contribution in [2.75, 3.05) is 4.90 Å². The van der Waals surface area contributed by atoms with Crippen molar-refractivity contribution in [3.8, 4) is 6.07 Å². The van der Waals surface area contributed by atoms with Gasteiger partial charge < -0.3 is 10.6 Å². The molecule has 0 spiro atoms.